The van der Waals surface area contributed by atoms with E-state index in [1.807, 2.05) is 36.4 Å². The summed E-state index contributed by atoms with van der Waals surface area (Å²) in [5, 5.41) is 10.9. The number of aliphatic carboxylic acids is 1. The molecule has 0 aliphatic carbocycles. The third kappa shape index (κ3) is 6.23. The van der Waals surface area contributed by atoms with Gasteiger partial charge in [-0.3, -0.25) is 4.79 Å². The largest absolute Gasteiger partial charge is 0.494 e. The van der Waals surface area contributed by atoms with E-state index in [0.29, 0.717) is 36.9 Å². The number of amides is 1. The van der Waals surface area contributed by atoms with Crippen LogP contribution in [0, 0.1) is 5.92 Å². The van der Waals surface area contributed by atoms with E-state index in [1.165, 1.54) is 0 Å². The number of hydrogen-bond donors (Lipinski definition) is 1. The van der Waals surface area contributed by atoms with Crippen molar-refractivity contribution in [1.82, 2.24) is 4.90 Å². The maximum atomic E-state index is 14.0. The molecule has 8 heteroatoms. The van der Waals surface area contributed by atoms with Crippen molar-refractivity contribution in [3.8, 4) is 5.75 Å². The average Bonchev–Trinajstić information content (AvgIpc) is 3.38. The molecule has 0 spiro atoms. The van der Waals surface area contributed by atoms with Crippen LogP contribution in [0.25, 0.3) is 0 Å². The Balaban J connectivity index is 1.69. The fourth-order valence-corrected chi connectivity index (χ4v) is 5.52. The van der Waals surface area contributed by atoms with E-state index < -0.39 is 17.8 Å². The van der Waals surface area contributed by atoms with Crippen molar-refractivity contribution in [2.75, 3.05) is 24.2 Å². The molecule has 1 saturated heterocycles. The molecule has 6 nitrogen and oxygen atoms in total. The summed E-state index contributed by atoms with van der Waals surface area (Å²) in [5.74, 6) is -1.47. The second kappa shape index (κ2) is 12.4. The average molecular weight is 624 g/mol. The van der Waals surface area contributed by atoms with Crippen molar-refractivity contribution >= 4 is 46.1 Å². The Bertz CT molecular complexity index is 1100. The van der Waals surface area contributed by atoms with Crippen LogP contribution in [0.15, 0.2) is 59.8 Å². The summed E-state index contributed by atoms with van der Waals surface area (Å²) in [6, 6.07) is 14.9. The molecule has 1 N–H and O–H groups in total. The van der Waals surface area contributed by atoms with Gasteiger partial charge in [0, 0.05) is 27.7 Å². The third-order valence-electron chi connectivity index (χ3n) is 6.89. The first-order valence-electron chi connectivity index (χ1n) is 12.3. The maximum absolute atomic E-state index is 14.0. The van der Waals surface area contributed by atoms with Crippen LogP contribution in [0.1, 0.15) is 43.2 Å². The zero-order valence-corrected chi connectivity index (χ0v) is 23.2. The first-order valence-corrected chi connectivity index (χ1v) is 14.2. The SMILES string of the molecule is CC1=C(C(=O)O)[C@H](c2ccc(Cl)cc2)C(Cc2ccc(OCCCI)cc2)C(=O)N1C[C@H]1CCCO1. The summed E-state index contributed by atoms with van der Waals surface area (Å²) in [5.41, 5.74) is 2.46. The lowest BCUT2D eigenvalue weighted by Gasteiger charge is -2.40. The molecule has 3 atom stereocenters. The van der Waals surface area contributed by atoms with Gasteiger partial charge in [0.05, 0.1) is 30.7 Å². The van der Waals surface area contributed by atoms with Gasteiger partial charge < -0.3 is 19.5 Å². The second-order valence-electron chi connectivity index (χ2n) is 9.26. The lowest BCUT2D eigenvalue weighted by Crippen LogP contribution is -2.47. The molecule has 2 aliphatic rings. The molecule has 1 amide bonds. The Hall–Kier alpha value is -2.10. The van der Waals surface area contributed by atoms with E-state index >= 15 is 0 Å². The Morgan fingerprint density at radius 1 is 1.19 bits per heavy atom. The van der Waals surface area contributed by atoms with E-state index in [0.717, 1.165) is 40.6 Å². The van der Waals surface area contributed by atoms with Gasteiger partial charge in [-0.25, -0.2) is 4.79 Å². The minimum atomic E-state index is -1.01. The van der Waals surface area contributed by atoms with E-state index in [4.69, 9.17) is 21.1 Å². The Labute approximate surface area is 230 Å². The van der Waals surface area contributed by atoms with E-state index in [2.05, 4.69) is 22.6 Å². The highest BCUT2D eigenvalue weighted by atomic mass is 127. The van der Waals surface area contributed by atoms with Crippen LogP contribution in [0.4, 0.5) is 0 Å². The summed E-state index contributed by atoms with van der Waals surface area (Å²) >= 11 is 8.45. The highest BCUT2D eigenvalue weighted by Gasteiger charge is 2.44. The van der Waals surface area contributed by atoms with Gasteiger partial charge in [0.2, 0.25) is 5.91 Å². The molecule has 0 bridgehead atoms. The zero-order valence-electron chi connectivity index (χ0n) is 20.3. The molecule has 1 fully saturated rings. The van der Waals surface area contributed by atoms with E-state index in [9.17, 15) is 14.7 Å². The molecule has 2 aromatic carbocycles. The number of rotatable bonds is 10. The molecule has 192 valence electrons. The van der Waals surface area contributed by atoms with Gasteiger partial charge in [-0.1, -0.05) is 58.5 Å². The highest BCUT2D eigenvalue weighted by molar-refractivity contribution is 14.1. The van der Waals surface area contributed by atoms with Gasteiger partial charge in [-0.05, 0) is 68.0 Å². The molecule has 2 aromatic rings. The number of carbonyl (C=O) groups excluding carboxylic acids is 1. The number of carboxylic acid groups (broad SMARTS) is 1. The van der Waals surface area contributed by atoms with Gasteiger partial charge in [0.1, 0.15) is 5.75 Å². The topological polar surface area (TPSA) is 76.1 Å². The summed E-state index contributed by atoms with van der Waals surface area (Å²) < 4.78 is 12.6. The number of carboxylic acids is 1. The fraction of sp³-hybridized carbons (Fsp3) is 0.429. The number of halogens is 2. The van der Waals surface area contributed by atoms with Crippen molar-refractivity contribution < 1.29 is 24.2 Å². The normalized spacial score (nSPS) is 22.2. The molecule has 0 radical (unpaired) electrons. The fourth-order valence-electron chi connectivity index (χ4n) is 5.08. The Morgan fingerprint density at radius 2 is 1.92 bits per heavy atom. The highest BCUT2D eigenvalue weighted by Crippen LogP contribution is 2.42. The summed E-state index contributed by atoms with van der Waals surface area (Å²) in [7, 11) is 0. The minimum Gasteiger partial charge on any atom is -0.494 e. The first kappa shape index (κ1) is 26.9. The Kier molecular flexibility index (Phi) is 9.30. The van der Waals surface area contributed by atoms with E-state index in [1.54, 1.807) is 24.0 Å². The molecular formula is C28H31ClINO5. The predicted molar refractivity (Wildman–Crippen MR) is 148 cm³/mol. The lowest BCUT2D eigenvalue weighted by atomic mass is 9.73. The number of benzene rings is 2. The van der Waals surface area contributed by atoms with Crippen molar-refractivity contribution in [1.29, 1.82) is 0 Å². The summed E-state index contributed by atoms with van der Waals surface area (Å²) in [6.07, 6.45) is 3.12. The smallest absolute Gasteiger partial charge is 0.333 e. The molecule has 36 heavy (non-hydrogen) atoms. The standard InChI is InChI=1S/C28H31ClINO5/c1-18-25(28(33)34)26(20-7-9-21(29)10-8-20)24(27(32)31(18)17-23-4-2-14-36-23)16-19-5-11-22(12-6-19)35-15-3-13-30/h5-12,23-24,26H,2-4,13-17H2,1H3,(H,33,34)/t23-,24?,26-/m1/s1. The van der Waals surface area contributed by atoms with Crippen LogP contribution >= 0.6 is 34.2 Å². The van der Waals surface area contributed by atoms with Gasteiger partial charge >= 0.3 is 5.97 Å². The number of nitrogens with zero attached hydrogens (tertiary/aromatic N) is 1. The van der Waals surface area contributed by atoms with Crippen molar-refractivity contribution in [3.63, 3.8) is 0 Å². The molecule has 2 aliphatic heterocycles. The van der Waals surface area contributed by atoms with Crippen LogP contribution in [0.5, 0.6) is 5.75 Å². The molecule has 0 aromatic heterocycles. The molecular weight excluding hydrogens is 593 g/mol. The van der Waals surface area contributed by atoms with Gasteiger partial charge in [-0.15, -0.1) is 0 Å². The molecule has 2 heterocycles. The number of carbonyl (C=O) groups is 2. The lowest BCUT2D eigenvalue weighted by molar-refractivity contribution is -0.139. The third-order valence-corrected chi connectivity index (χ3v) is 7.90. The number of alkyl halides is 1. The van der Waals surface area contributed by atoms with Gasteiger partial charge in [-0.2, -0.15) is 0 Å². The predicted octanol–water partition coefficient (Wildman–Crippen LogP) is 5.87. The van der Waals surface area contributed by atoms with Crippen LogP contribution in [0.2, 0.25) is 5.02 Å². The van der Waals surface area contributed by atoms with Crippen molar-refractivity contribution in [2.24, 2.45) is 5.92 Å². The summed E-state index contributed by atoms with van der Waals surface area (Å²) in [6.45, 7) is 3.43. The zero-order chi connectivity index (χ0) is 25.7. The van der Waals surface area contributed by atoms with Gasteiger partial charge in [0.15, 0.2) is 0 Å². The monoisotopic (exact) mass is 623 g/mol. The number of ether oxygens (including phenoxy) is 2. The van der Waals surface area contributed by atoms with Crippen molar-refractivity contribution in [2.45, 2.75) is 44.6 Å². The maximum Gasteiger partial charge on any atom is 0.333 e. The van der Waals surface area contributed by atoms with E-state index in [-0.39, 0.29) is 17.6 Å². The first-order chi connectivity index (χ1) is 17.4. The molecule has 4 rings (SSSR count). The summed E-state index contributed by atoms with van der Waals surface area (Å²) in [4.78, 5) is 28.2. The van der Waals surface area contributed by atoms with Gasteiger partial charge in [0.25, 0.3) is 0 Å². The van der Waals surface area contributed by atoms with Crippen LogP contribution in [0.3, 0.4) is 0 Å². The number of allylic oxidation sites excluding steroid dienone is 1. The minimum absolute atomic E-state index is 0.0738. The Morgan fingerprint density at radius 3 is 2.53 bits per heavy atom. The molecule has 0 saturated carbocycles. The second-order valence-corrected chi connectivity index (χ2v) is 10.8. The van der Waals surface area contributed by atoms with Crippen LogP contribution in [-0.2, 0) is 20.7 Å². The molecule has 1 unspecified atom stereocenters. The number of hydrogen-bond acceptors (Lipinski definition) is 4. The van der Waals surface area contributed by atoms with Crippen LogP contribution in [-0.4, -0.2) is 52.2 Å². The van der Waals surface area contributed by atoms with Crippen LogP contribution < -0.4 is 4.74 Å². The van der Waals surface area contributed by atoms with Crippen molar-refractivity contribution in [3.05, 3.63) is 76.0 Å². The quantitative estimate of drug-likeness (QED) is 0.204.